The van der Waals surface area contributed by atoms with Gasteiger partial charge in [0.05, 0.1) is 0 Å². The van der Waals surface area contributed by atoms with Crippen LogP contribution in [0.15, 0.2) is 15.9 Å². The maximum atomic E-state index is 10.5. The standard InChI is InChI=1S/C4H2BrS.C2H4O2.Hg/c5-4-2-1-3-6-4;1-2(3)4;/h1-2H;1H3,(H,3,4);/q;;+1/p-1. The molecule has 0 atom stereocenters. The van der Waals surface area contributed by atoms with Crippen LogP contribution in [0.2, 0.25) is 0 Å². The molecule has 0 amide bonds. The third kappa shape index (κ3) is 3.67. The molecule has 0 saturated carbocycles. The van der Waals surface area contributed by atoms with Crippen molar-refractivity contribution in [3.05, 3.63) is 15.9 Å². The van der Waals surface area contributed by atoms with Crippen LogP contribution in [0.4, 0.5) is 0 Å². The Morgan fingerprint density at radius 2 is 2.45 bits per heavy atom. The van der Waals surface area contributed by atoms with E-state index in [1.807, 2.05) is 12.1 Å². The molecule has 0 aromatic carbocycles. The van der Waals surface area contributed by atoms with E-state index in [1.165, 1.54) is 9.31 Å². The molecule has 1 rings (SSSR count). The molecule has 0 bridgehead atoms. The van der Waals surface area contributed by atoms with E-state index in [9.17, 15) is 4.79 Å². The van der Waals surface area contributed by atoms with E-state index >= 15 is 0 Å². The van der Waals surface area contributed by atoms with Gasteiger partial charge in [-0.2, -0.15) is 0 Å². The van der Waals surface area contributed by atoms with Crippen LogP contribution in [0, 0.1) is 0 Å². The van der Waals surface area contributed by atoms with E-state index in [2.05, 4.69) is 15.9 Å². The molecule has 0 radical (unpaired) electrons. The molecule has 0 unspecified atom stereocenters. The van der Waals surface area contributed by atoms with E-state index in [1.54, 1.807) is 11.3 Å². The number of rotatable bonds is 2. The minimum atomic E-state index is -1.51. The predicted octanol–water partition coefficient (Wildman–Crippen LogP) is 1.70. The molecule has 5 heteroatoms. The van der Waals surface area contributed by atoms with Gasteiger partial charge in [0.25, 0.3) is 0 Å². The zero-order valence-corrected chi connectivity index (χ0v) is 13.9. The van der Waals surface area contributed by atoms with E-state index in [0.29, 0.717) is 0 Å². The van der Waals surface area contributed by atoms with Crippen LogP contribution in [0.3, 0.4) is 0 Å². The minimum absolute atomic E-state index is 0.142. The molecular formula is C6H5BrHgO2S. The average molecular weight is 422 g/mol. The van der Waals surface area contributed by atoms with Gasteiger partial charge in [-0.05, 0) is 0 Å². The van der Waals surface area contributed by atoms with Gasteiger partial charge >= 0.3 is 90.9 Å². The molecule has 0 saturated heterocycles. The number of thiophene rings is 1. The molecule has 0 N–H and O–H groups in total. The first kappa shape index (κ1) is 9.67. The molecule has 2 nitrogen and oxygen atoms in total. The van der Waals surface area contributed by atoms with Gasteiger partial charge < -0.3 is 0 Å². The first-order valence-corrected chi connectivity index (χ1v) is 9.66. The van der Waals surface area contributed by atoms with Gasteiger partial charge in [-0.15, -0.1) is 0 Å². The zero-order chi connectivity index (χ0) is 8.27. The monoisotopic (exact) mass is 422 g/mol. The van der Waals surface area contributed by atoms with Crippen molar-refractivity contribution in [2.45, 2.75) is 6.92 Å². The molecule has 56 valence electrons. The molecule has 0 aliphatic rings. The van der Waals surface area contributed by atoms with Gasteiger partial charge in [-0.3, -0.25) is 0 Å². The molecule has 0 aliphatic carbocycles. The number of carbonyl (C=O) groups excluding carboxylic acids is 1. The van der Waals surface area contributed by atoms with E-state index in [4.69, 9.17) is 2.64 Å². The normalized spacial score (nSPS) is 8.91. The Morgan fingerprint density at radius 3 is 2.91 bits per heavy atom. The number of hydrogen-bond acceptors (Lipinski definition) is 3. The zero-order valence-electron chi connectivity index (χ0n) is 5.96. The summed E-state index contributed by atoms with van der Waals surface area (Å²) < 4.78 is 7.40. The van der Waals surface area contributed by atoms with Crippen molar-refractivity contribution in [2.75, 3.05) is 0 Å². The topological polar surface area (TPSA) is 26.3 Å². The fraction of sp³-hybridized carbons (Fsp3) is 0.167. The molecular weight excluding hydrogens is 417 g/mol. The summed E-state index contributed by atoms with van der Waals surface area (Å²) in [5.74, 6) is -0.142. The molecule has 0 fully saturated rings. The molecule has 1 heterocycles. The van der Waals surface area contributed by atoms with Crippen molar-refractivity contribution < 1.29 is 32.5 Å². The predicted molar refractivity (Wildman–Crippen MR) is 43.4 cm³/mol. The third-order valence-corrected chi connectivity index (χ3v) is 9.41. The van der Waals surface area contributed by atoms with Gasteiger partial charge in [0.2, 0.25) is 0 Å². The summed E-state index contributed by atoms with van der Waals surface area (Å²) in [5.41, 5.74) is 0. The number of halogens is 1. The van der Waals surface area contributed by atoms with Crippen molar-refractivity contribution in [2.24, 2.45) is 0 Å². The second kappa shape index (κ2) is 4.57. The van der Waals surface area contributed by atoms with Crippen molar-refractivity contribution in [1.29, 1.82) is 0 Å². The summed E-state index contributed by atoms with van der Waals surface area (Å²) in [6.45, 7) is 1.46. The van der Waals surface area contributed by atoms with Crippen LogP contribution in [0.1, 0.15) is 6.92 Å². The second-order valence-corrected chi connectivity index (χ2v) is 11.7. The average Bonchev–Trinajstić information content (AvgIpc) is 2.31. The van der Waals surface area contributed by atoms with Gasteiger partial charge in [-0.1, -0.05) is 0 Å². The summed E-state index contributed by atoms with van der Waals surface area (Å²) in [5, 5.41) is 0. The van der Waals surface area contributed by atoms with Crippen molar-refractivity contribution in [3.8, 4) is 0 Å². The molecule has 1 aromatic rings. The van der Waals surface area contributed by atoms with Crippen LogP contribution in [-0.4, -0.2) is 5.97 Å². The summed E-state index contributed by atoms with van der Waals surface area (Å²) in [4.78, 5) is 10.5. The third-order valence-electron chi connectivity index (χ3n) is 1.05. The van der Waals surface area contributed by atoms with Crippen LogP contribution >= 0.6 is 27.3 Å². The molecule has 0 aliphatic heterocycles. The number of carbonyl (C=O) groups is 1. The SMILES string of the molecule is CC(=O)[O][Hg][c]1ccc(Br)s1. The molecule has 11 heavy (non-hydrogen) atoms. The van der Waals surface area contributed by atoms with Crippen LogP contribution in [-0.2, 0) is 32.5 Å². The Labute approximate surface area is 90.2 Å². The first-order valence-electron chi connectivity index (χ1n) is 3.06. The van der Waals surface area contributed by atoms with E-state index in [-0.39, 0.29) is 5.97 Å². The molecule has 1 aromatic heterocycles. The van der Waals surface area contributed by atoms with Crippen LogP contribution in [0.25, 0.3) is 0 Å². The first-order chi connectivity index (χ1) is 5.18. The quantitative estimate of drug-likeness (QED) is 0.680. The Hall–Kier alpha value is 0.585. The van der Waals surface area contributed by atoms with E-state index in [0.717, 1.165) is 3.79 Å². The van der Waals surface area contributed by atoms with Crippen LogP contribution in [0.5, 0.6) is 0 Å². The second-order valence-electron chi connectivity index (χ2n) is 1.99. The maximum absolute atomic E-state index is 10.5. The van der Waals surface area contributed by atoms with Gasteiger partial charge in [0.15, 0.2) is 0 Å². The number of hydrogen-bond donors (Lipinski definition) is 0. The summed E-state index contributed by atoms with van der Waals surface area (Å²) in [6, 6.07) is 4.02. The Kier molecular flexibility index (Phi) is 4.02. The van der Waals surface area contributed by atoms with E-state index < -0.39 is 25.0 Å². The summed E-state index contributed by atoms with van der Waals surface area (Å²) in [6.07, 6.45) is 0. The Balaban J connectivity index is 2.45. The summed E-state index contributed by atoms with van der Waals surface area (Å²) in [7, 11) is 0. The molecule has 0 spiro atoms. The summed E-state index contributed by atoms with van der Waals surface area (Å²) >= 11 is 3.51. The van der Waals surface area contributed by atoms with Gasteiger partial charge in [0, 0.05) is 0 Å². The fourth-order valence-corrected chi connectivity index (χ4v) is 9.60. The Bertz CT molecular complexity index is 261. The van der Waals surface area contributed by atoms with Gasteiger partial charge in [-0.25, -0.2) is 0 Å². The fourth-order valence-electron chi connectivity index (χ4n) is 0.602. The van der Waals surface area contributed by atoms with Crippen molar-refractivity contribution in [3.63, 3.8) is 0 Å². The Morgan fingerprint density at radius 1 is 1.73 bits per heavy atom. The van der Waals surface area contributed by atoms with Gasteiger partial charge in [0.1, 0.15) is 0 Å². The van der Waals surface area contributed by atoms with Crippen LogP contribution < -0.4 is 2.39 Å². The van der Waals surface area contributed by atoms with Crippen molar-refractivity contribution in [1.82, 2.24) is 0 Å². The van der Waals surface area contributed by atoms with Crippen molar-refractivity contribution >= 4 is 35.6 Å².